The molecule has 0 saturated carbocycles. The second kappa shape index (κ2) is 7.66. The van der Waals surface area contributed by atoms with E-state index in [1.165, 1.54) is 0 Å². The molecule has 2 N–H and O–H groups in total. The fourth-order valence-electron chi connectivity index (χ4n) is 2.70. The molecular weight excluding hydrogens is 308 g/mol. The Morgan fingerprint density at radius 3 is 2.70 bits per heavy atom. The maximum Gasteiger partial charge on any atom is 0.220 e. The van der Waals surface area contributed by atoms with E-state index in [4.69, 9.17) is 10.5 Å². The summed E-state index contributed by atoms with van der Waals surface area (Å²) >= 11 is 2.00. The highest BCUT2D eigenvalue weighted by molar-refractivity contribution is 7.99. The number of rotatable bonds is 5. The summed E-state index contributed by atoms with van der Waals surface area (Å²) < 4.78 is 6.28. The van der Waals surface area contributed by atoms with Crippen LogP contribution in [0.4, 0.5) is 5.95 Å². The third-order valence-corrected chi connectivity index (χ3v) is 4.83. The minimum absolute atomic E-state index is 0.0468. The number of thioether (sulfide) groups is 1. The normalized spacial score (nSPS) is 16.9. The van der Waals surface area contributed by atoms with Gasteiger partial charge in [0.05, 0.1) is 6.20 Å². The lowest BCUT2D eigenvalue weighted by molar-refractivity contribution is 0.0296. The van der Waals surface area contributed by atoms with Gasteiger partial charge in [-0.25, -0.2) is 9.97 Å². The van der Waals surface area contributed by atoms with Gasteiger partial charge in [-0.15, -0.1) is 0 Å². The number of benzene rings is 1. The molecule has 23 heavy (non-hydrogen) atoms. The van der Waals surface area contributed by atoms with Crippen molar-refractivity contribution in [1.29, 1.82) is 0 Å². The van der Waals surface area contributed by atoms with E-state index < -0.39 is 0 Å². The van der Waals surface area contributed by atoms with Crippen LogP contribution in [0.2, 0.25) is 0 Å². The van der Waals surface area contributed by atoms with Crippen LogP contribution in [0.5, 0.6) is 5.75 Å². The predicted octanol–water partition coefficient (Wildman–Crippen LogP) is 2.89. The summed E-state index contributed by atoms with van der Waals surface area (Å²) in [5, 5.41) is 0. The van der Waals surface area contributed by atoms with Crippen LogP contribution in [-0.4, -0.2) is 45.7 Å². The second-order valence-electron chi connectivity index (χ2n) is 5.44. The molecule has 3 rings (SSSR count). The molecule has 0 spiro atoms. The number of hydrogen-bond donors (Lipinski definition) is 1. The van der Waals surface area contributed by atoms with Gasteiger partial charge in [-0.3, -0.25) is 4.90 Å². The van der Waals surface area contributed by atoms with Crippen LogP contribution in [0.15, 0.2) is 36.5 Å². The lowest BCUT2D eigenvalue weighted by atomic mass is 10.1. The van der Waals surface area contributed by atoms with Crippen molar-refractivity contribution in [3.8, 4) is 17.0 Å². The maximum absolute atomic E-state index is 6.28. The Morgan fingerprint density at radius 2 is 2.00 bits per heavy atom. The Labute approximate surface area is 141 Å². The monoisotopic (exact) mass is 330 g/mol. The zero-order valence-corrected chi connectivity index (χ0v) is 14.1. The number of anilines is 1. The zero-order chi connectivity index (χ0) is 16.1. The maximum atomic E-state index is 6.28. The Hall–Kier alpha value is -1.79. The molecule has 1 fully saturated rings. The van der Waals surface area contributed by atoms with Crippen molar-refractivity contribution >= 4 is 17.7 Å². The number of nitrogens with zero attached hydrogens (tertiary/aromatic N) is 3. The fraction of sp³-hybridized carbons (Fsp3) is 0.412. The summed E-state index contributed by atoms with van der Waals surface area (Å²) in [5.41, 5.74) is 7.52. The molecule has 6 heteroatoms. The van der Waals surface area contributed by atoms with Gasteiger partial charge in [0.2, 0.25) is 5.95 Å². The summed E-state index contributed by atoms with van der Waals surface area (Å²) in [6, 6.07) is 9.96. The van der Waals surface area contributed by atoms with Crippen LogP contribution >= 0.6 is 11.8 Å². The predicted molar refractivity (Wildman–Crippen MR) is 95.5 cm³/mol. The van der Waals surface area contributed by atoms with E-state index in [1.54, 1.807) is 6.20 Å². The Bertz CT molecular complexity index is 632. The number of nitrogens with two attached hydrogens (primary N) is 1. The molecule has 0 radical (unpaired) electrons. The molecule has 1 aromatic heterocycles. The summed E-state index contributed by atoms with van der Waals surface area (Å²) in [6.07, 6.45) is 2.65. The third kappa shape index (κ3) is 3.95. The molecular formula is C17H22N4OS. The first-order valence-electron chi connectivity index (χ1n) is 7.94. The number of nitrogen functional groups attached to an aromatic ring is 1. The lowest BCUT2D eigenvalue weighted by Gasteiger charge is -2.33. The van der Waals surface area contributed by atoms with Gasteiger partial charge in [0.15, 0.2) is 12.0 Å². The topological polar surface area (TPSA) is 64.3 Å². The van der Waals surface area contributed by atoms with Crippen LogP contribution in [0.1, 0.15) is 13.3 Å². The lowest BCUT2D eigenvalue weighted by Crippen LogP contribution is -2.44. The van der Waals surface area contributed by atoms with Gasteiger partial charge >= 0.3 is 0 Å². The first kappa shape index (κ1) is 16.1. The molecule has 0 amide bonds. The van der Waals surface area contributed by atoms with Crippen molar-refractivity contribution in [2.75, 3.05) is 30.3 Å². The third-order valence-electron chi connectivity index (χ3n) is 3.89. The van der Waals surface area contributed by atoms with Crippen LogP contribution < -0.4 is 10.5 Å². The Morgan fingerprint density at radius 1 is 1.26 bits per heavy atom. The fourth-order valence-corrected chi connectivity index (χ4v) is 3.63. The number of aromatic nitrogens is 2. The second-order valence-corrected chi connectivity index (χ2v) is 6.66. The molecule has 1 atom stereocenters. The zero-order valence-electron chi connectivity index (χ0n) is 13.3. The first-order chi connectivity index (χ1) is 11.3. The SMILES string of the molecule is CCC(Oc1cnc(N)nc1-c1ccccc1)N1CCSCC1. The van der Waals surface area contributed by atoms with Gasteiger partial charge in [0, 0.05) is 30.2 Å². The van der Waals surface area contributed by atoms with Gasteiger partial charge in [-0.1, -0.05) is 37.3 Å². The molecule has 2 heterocycles. The average molecular weight is 330 g/mol. The molecule has 1 saturated heterocycles. The molecule has 0 aliphatic carbocycles. The smallest absolute Gasteiger partial charge is 0.220 e. The van der Waals surface area contributed by atoms with Crippen molar-refractivity contribution in [2.24, 2.45) is 0 Å². The summed E-state index contributed by atoms with van der Waals surface area (Å²) in [5.74, 6) is 3.27. The number of ether oxygens (including phenoxy) is 1. The minimum Gasteiger partial charge on any atom is -0.471 e. The highest BCUT2D eigenvalue weighted by Crippen LogP contribution is 2.29. The van der Waals surface area contributed by atoms with Crippen LogP contribution in [-0.2, 0) is 0 Å². The van der Waals surface area contributed by atoms with Crippen LogP contribution in [0.3, 0.4) is 0 Å². The van der Waals surface area contributed by atoms with E-state index in [1.807, 2.05) is 42.1 Å². The number of hydrogen-bond acceptors (Lipinski definition) is 6. The van der Waals surface area contributed by atoms with Gasteiger partial charge in [0.25, 0.3) is 0 Å². The average Bonchev–Trinajstić information content (AvgIpc) is 2.62. The Kier molecular flexibility index (Phi) is 5.35. The molecule has 122 valence electrons. The van der Waals surface area contributed by atoms with E-state index in [9.17, 15) is 0 Å². The molecule has 1 unspecified atom stereocenters. The standard InChI is InChI=1S/C17H22N4OS/c1-2-15(21-8-10-23-11-9-21)22-14-12-19-17(18)20-16(14)13-6-4-3-5-7-13/h3-7,12,15H,2,8-11H2,1H3,(H2,18,19,20). The van der Waals surface area contributed by atoms with Gasteiger partial charge in [0.1, 0.15) is 5.69 Å². The first-order valence-corrected chi connectivity index (χ1v) is 9.09. The molecule has 0 bridgehead atoms. The van der Waals surface area contributed by atoms with E-state index in [0.29, 0.717) is 5.75 Å². The highest BCUT2D eigenvalue weighted by Gasteiger charge is 2.22. The van der Waals surface area contributed by atoms with Crippen molar-refractivity contribution in [3.05, 3.63) is 36.5 Å². The van der Waals surface area contributed by atoms with Gasteiger partial charge in [-0.2, -0.15) is 11.8 Å². The summed E-state index contributed by atoms with van der Waals surface area (Å²) in [7, 11) is 0. The van der Waals surface area contributed by atoms with E-state index >= 15 is 0 Å². The van der Waals surface area contributed by atoms with E-state index in [0.717, 1.165) is 42.3 Å². The van der Waals surface area contributed by atoms with Crippen LogP contribution in [0.25, 0.3) is 11.3 Å². The van der Waals surface area contributed by atoms with Crippen molar-refractivity contribution < 1.29 is 4.74 Å². The van der Waals surface area contributed by atoms with Crippen LogP contribution in [0, 0.1) is 0 Å². The van der Waals surface area contributed by atoms with E-state index in [-0.39, 0.29) is 12.2 Å². The molecule has 2 aromatic rings. The van der Waals surface area contributed by atoms with Gasteiger partial charge in [-0.05, 0) is 6.42 Å². The largest absolute Gasteiger partial charge is 0.471 e. The summed E-state index contributed by atoms with van der Waals surface area (Å²) in [4.78, 5) is 10.9. The van der Waals surface area contributed by atoms with Crippen molar-refractivity contribution in [1.82, 2.24) is 14.9 Å². The summed E-state index contributed by atoms with van der Waals surface area (Å²) in [6.45, 7) is 4.26. The van der Waals surface area contributed by atoms with Crippen molar-refractivity contribution in [3.63, 3.8) is 0 Å². The quantitative estimate of drug-likeness (QED) is 0.909. The highest BCUT2D eigenvalue weighted by atomic mass is 32.2. The molecule has 1 aliphatic rings. The molecule has 1 aromatic carbocycles. The minimum atomic E-state index is 0.0468. The Balaban J connectivity index is 1.86. The molecule has 1 aliphatic heterocycles. The van der Waals surface area contributed by atoms with Crippen molar-refractivity contribution in [2.45, 2.75) is 19.6 Å². The molecule has 5 nitrogen and oxygen atoms in total. The van der Waals surface area contributed by atoms with E-state index in [2.05, 4.69) is 21.8 Å². The van der Waals surface area contributed by atoms with Gasteiger partial charge < -0.3 is 10.5 Å².